The molecule has 0 saturated carbocycles. The second kappa shape index (κ2) is 11.1. The fourth-order valence-electron chi connectivity index (χ4n) is 1.38. The van der Waals surface area contributed by atoms with Crippen molar-refractivity contribution in [1.29, 1.82) is 0 Å². The molecule has 0 heterocycles. The summed E-state index contributed by atoms with van der Waals surface area (Å²) in [6, 6.07) is -1.66. The zero-order valence-corrected chi connectivity index (χ0v) is 14.7. The molecule has 0 spiro atoms. The van der Waals surface area contributed by atoms with E-state index in [0.717, 1.165) is 6.42 Å². The Balaban J connectivity index is 4.40. The van der Waals surface area contributed by atoms with Gasteiger partial charge in [0, 0.05) is 22.6 Å². The van der Waals surface area contributed by atoms with Crippen LogP contribution < -0.4 is 16.4 Å². The molecule has 0 rings (SSSR count). The SMILES string of the molecule is CCC[C@H](N)C(=O)NCC(=O)NC(C#CCC(C)=O)C(=O)I. The van der Waals surface area contributed by atoms with Gasteiger partial charge in [-0.1, -0.05) is 25.2 Å². The number of amides is 2. The van der Waals surface area contributed by atoms with Crippen LogP contribution in [-0.2, 0) is 19.2 Å². The molecule has 0 aliphatic rings. The topological polar surface area (TPSA) is 118 Å². The highest BCUT2D eigenvalue weighted by Crippen LogP contribution is 1.95. The molecule has 0 bridgehead atoms. The molecule has 0 radical (unpaired) electrons. The van der Waals surface area contributed by atoms with Crippen LogP contribution in [0.2, 0.25) is 0 Å². The van der Waals surface area contributed by atoms with Gasteiger partial charge in [0.15, 0.2) is 6.04 Å². The standard InChI is InChI=1S/C14H20IN3O4/c1-3-5-10(16)14(22)17-8-12(20)18-11(13(15)21)7-4-6-9(2)19/h10-11H,3,5-6,8,16H2,1-2H3,(H,17,22)(H,18,20)/t10-,11?/m0/s1. The highest BCUT2D eigenvalue weighted by molar-refractivity contribution is 14.1. The number of rotatable bonds is 8. The van der Waals surface area contributed by atoms with Crippen LogP contribution in [-0.4, -0.2) is 40.0 Å². The van der Waals surface area contributed by atoms with Crippen molar-refractivity contribution in [3.63, 3.8) is 0 Å². The lowest BCUT2D eigenvalue weighted by Crippen LogP contribution is -2.47. The van der Waals surface area contributed by atoms with E-state index in [0.29, 0.717) is 6.42 Å². The summed E-state index contributed by atoms with van der Waals surface area (Å²) >= 11 is 1.51. The number of carbonyl (C=O) groups is 4. The Morgan fingerprint density at radius 3 is 2.41 bits per heavy atom. The largest absolute Gasteiger partial charge is 0.346 e. The van der Waals surface area contributed by atoms with Crippen molar-refractivity contribution in [2.24, 2.45) is 5.73 Å². The number of hydrogen-bond acceptors (Lipinski definition) is 5. The van der Waals surface area contributed by atoms with E-state index in [2.05, 4.69) is 22.5 Å². The third kappa shape index (κ3) is 9.46. The van der Waals surface area contributed by atoms with Gasteiger partial charge >= 0.3 is 0 Å². The number of nitrogens with two attached hydrogens (primary N) is 1. The van der Waals surface area contributed by atoms with Crippen molar-refractivity contribution in [1.82, 2.24) is 10.6 Å². The van der Waals surface area contributed by atoms with E-state index in [4.69, 9.17) is 5.73 Å². The van der Waals surface area contributed by atoms with Crippen molar-refractivity contribution in [2.75, 3.05) is 6.54 Å². The molecule has 0 aliphatic carbocycles. The van der Waals surface area contributed by atoms with E-state index in [1.807, 2.05) is 6.92 Å². The smallest absolute Gasteiger partial charge is 0.240 e. The van der Waals surface area contributed by atoms with E-state index in [1.165, 1.54) is 29.5 Å². The van der Waals surface area contributed by atoms with Crippen LogP contribution >= 0.6 is 22.6 Å². The Morgan fingerprint density at radius 2 is 1.91 bits per heavy atom. The number of ketones is 1. The predicted octanol–water partition coefficient (Wildman–Crippen LogP) is -0.341. The van der Waals surface area contributed by atoms with Gasteiger partial charge in [-0.2, -0.15) is 0 Å². The van der Waals surface area contributed by atoms with Crippen LogP contribution in [0.25, 0.3) is 0 Å². The van der Waals surface area contributed by atoms with E-state index >= 15 is 0 Å². The molecule has 0 saturated heterocycles. The van der Waals surface area contributed by atoms with Gasteiger partial charge in [0.25, 0.3) is 0 Å². The van der Waals surface area contributed by atoms with Gasteiger partial charge in [-0.3, -0.25) is 19.2 Å². The van der Waals surface area contributed by atoms with Gasteiger partial charge < -0.3 is 16.4 Å². The van der Waals surface area contributed by atoms with Crippen molar-refractivity contribution >= 4 is 44.0 Å². The normalized spacial score (nSPS) is 12.4. The molecule has 1 unspecified atom stereocenters. The first-order valence-corrected chi connectivity index (χ1v) is 7.85. The van der Waals surface area contributed by atoms with E-state index < -0.39 is 23.9 Å². The summed E-state index contributed by atoms with van der Waals surface area (Å²) in [6.45, 7) is 2.99. The number of halogens is 1. The van der Waals surface area contributed by atoms with Gasteiger partial charge in [0.05, 0.1) is 19.0 Å². The average Bonchev–Trinajstić information content (AvgIpc) is 2.43. The third-order valence-electron chi connectivity index (χ3n) is 2.48. The molecule has 8 heteroatoms. The molecule has 4 N–H and O–H groups in total. The molecule has 2 amide bonds. The van der Waals surface area contributed by atoms with Gasteiger partial charge in [-0.05, 0) is 13.3 Å². The van der Waals surface area contributed by atoms with E-state index in [1.54, 1.807) is 0 Å². The molecular weight excluding hydrogens is 401 g/mol. The fourth-order valence-corrected chi connectivity index (χ4v) is 1.69. The highest BCUT2D eigenvalue weighted by atomic mass is 127. The molecule has 122 valence electrons. The van der Waals surface area contributed by atoms with Crippen LogP contribution in [0.4, 0.5) is 0 Å². The van der Waals surface area contributed by atoms with Gasteiger partial charge in [0.2, 0.25) is 15.6 Å². The molecular formula is C14H20IN3O4. The first-order valence-electron chi connectivity index (χ1n) is 6.77. The Bertz CT molecular complexity index is 496. The minimum Gasteiger partial charge on any atom is -0.346 e. The maximum Gasteiger partial charge on any atom is 0.240 e. The number of nitrogens with one attached hydrogen (secondary N) is 2. The lowest BCUT2D eigenvalue weighted by atomic mass is 10.2. The summed E-state index contributed by atoms with van der Waals surface area (Å²) in [6.07, 6.45) is 1.30. The average molecular weight is 421 g/mol. The number of Topliss-reactive ketones (excluding diaryl/α,β-unsaturated/α-hetero) is 1. The summed E-state index contributed by atoms with van der Waals surface area (Å²) in [5, 5.41) is 4.77. The lowest BCUT2D eigenvalue weighted by Gasteiger charge is -2.12. The summed E-state index contributed by atoms with van der Waals surface area (Å²) < 4.78 is -0.379. The Labute approximate surface area is 143 Å². The molecule has 22 heavy (non-hydrogen) atoms. The maximum atomic E-state index is 11.7. The third-order valence-corrected chi connectivity index (χ3v) is 3.10. The van der Waals surface area contributed by atoms with Crippen molar-refractivity contribution < 1.29 is 19.2 Å². The Morgan fingerprint density at radius 1 is 1.27 bits per heavy atom. The fraction of sp³-hybridized carbons (Fsp3) is 0.571. The molecule has 0 aromatic carbocycles. The summed E-state index contributed by atoms with van der Waals surface area (Å²) in [7, 11) is 0. The lowest BCUT2D eigenvalue weighted by molar-refractivity contribution is -0.127. The van der Waals surface area contributed by atoms with Gasteiger partial charge in [-0.25, -0.2) is 0 Å². The van der Waals surface area contributed by atoms with Crippen LogP contribution in [0.3, 0.4) is 0 Å². The zero-order valence-electron chi connectivity index (χ0n) is 12.6. The molecule has 0 fully saturated rings. The van der Waals surface area contributed by atoms with Crippen LogP contribution in [0.5, 0.6) is 0 Å². The first-order chi connectivity index (χ1) is 10.3. The Kier molecular flexibility index (Phi) is 10.4. The number of carbonyl (C=O) groups excluding carboxylic acids is 4. The molecule has 2 atom stereocenters. The molecule has 0 aromatic heterocycles. The minimum atomic E-state index is -1.01. The second-order valence-corrected chi connectivity index (χ2v) is 5.68. The molecule has 0 aromatic rings. The number of hydrogen-bond donors (Lipinski definition) is 3. The zero-order chi connectivity index (χ0) is 17.1. The second-order valence-electron chi connectivity index (χ2n) is 4.62. The highest BCUT2D eigenvalue weighted by Gasteiger charge is 2.17. The predicted molar refractivity (Wildman–Crippen MR) is 89.9 cm³/mol. The quantitative estimate of drug-likeness (QED) is 0.282. The summed E-state index contributed by atoms with van der Waals surface area (Å²) in [4.78, 5) is 45.4. The van der Waals surface area contributed by atoms with Gasteiger partial charge in [-0.15, -0.1) is 0 Å². The maximum absolute atomic E-state index is 11.7. The van der Waals surface area contributed by atoms with Crippen molar-refractivity contribution in [3.05, 3.63) is 0 Å². The van der Waals surface area contributed by atoms with Gasteiger partial charge in [0.1, 0.15) is 5.78 Å². The summed E-state index contributed by atoms with van der Waals surface area (Å²) in [5.41, 5.74) is 5.60. The van der Waals surface area contributed by atoms with Crippen molar-refractivity contribution in [3.8, 4) is 11.8 Å². The van der Waals surface area contributed by atoms with Crippen LogP contribution in [0.1, 0.15) is 33.1 Å². The van der Waals surface area contributed by atoms with E-state index in [9.17, 15) is 19.2 Å². The van der Waals surface area contributed by atoms with Crippen LogP contribution in [0.15, 0.2) is 0 Å². The van der Waals surface area contributed by atoms with Crippen LogP contribution in [0, 0.1) is 11.8 Å². The monoisotopic (exact) mass is 421 g/mol. The molecule has 0 aliphatic heterocycles. The van der Waals surface area contributed by atoms with E-state index in [-0.39, 0.29) is 22.5 Å². The summed E-state index contributed by atoms with van der Waals surface area (Å²) in [5.74, 6) is 3.94. The van der Waals surface area contributed by atoms with Crippen molar-refractivity contribution in [2.45, 2.75) is 45.2 Å². The molecule has 7 nitrogen and oxygen atoms in total. The first kappa shape index (κ1) is 20.5. The Hall–Kier alpha value is -1.47. The minimum absolute atomic E-state index is 0.0128.